The summed E-state index contributed by atoms with van der Waals surface area (Å²) in [6.45, 7) is 0.855. The van der Waals surface area contributed by atoms with Crippen LogP contribution in [0.4, 0.5) is 0 Å². The maximum atomic E-state index is 11.3. The predicted octanol–water partition coefficient (Wildman–Crippen LogP) is -0.155. The lowest BCUT2D eigenvalue weighted by molar-refractivity contribution is -0.120. The predicted molar refractivity (Wildman–Crippen MR) is 54.9 cm³/mol. The first-order valence-electron chi connectivity index (χ1n) is 5.10. The van der Waals surface area contributed by atoms with Crippen molar-refractivity contribution in [2.75, 3.05) is 6.54 Å². The van der Waals surface area contributed by atoms with E-state index in [9.17, 15) is 4.79 Å². The van der Waals surface area contributed by atoms with Crippen LogP contribution in [0.2, 0.25) is 0 Å². The van der Waals surface area contributed by atoms with Crippen molar-refractivity contribution in [2.45, 2.75) is 25.4 Å². The monoisotopic (exact) mass is 206 g/mol. The fraction of sp³-hybridized carbons (Fsp3) is 0.500. The Hall–Kier alpha value is -1.49. The van der Waals surface area contributed by atoms with Crippen molar-refractivity contribution in [3.8, 4) is 0 Å². The van der Waals surface area contributed by atoms with Crippen LogP contribution in [0.5, 0.6) is 0 Å². The van der Waals surface area contributed by atoms with Crippen LogP contribution >= 0.6 is 0 Å². The number of rotatable bonds is 5. The maximum Gasteiger partial charge on any atom is 0.234 e. The van der Waals surface area contributed by atoms with Crippen molar-refractivity contribution < 1.29 is 4.79 Å². The summed E-state index contributed by atoms with van der Waals surface area (Å²) in [5.41, 5.74) is 0. The summed E-state index contributed by atoms with van der Waals surface area (Å²) in [5.74, 6) is 0.755. The van der Waals surface area contributed by atoms with Gasteiger partial charge in [0.1, 0.15) is 5.82 Å². The van der Waals surface area contributed by atoms with Gasteiger partial charge < -0.3 is 10.6 Å². The molecule has 0 unspecified atom stereocenters. The molecule has 1 saturated carbocycles. The van der Waals surface area contributed by atoms with E-state index in [1.54, 1.807) is 18.5 Å². The van der Waals surface area contributed by atoms with Crippen LogP contribution in [0.25, 0.3) is 0 Å². The number of carbonyl (C=O) groups is 1. The fourth-order valence-corrected chi connectivity index (χ4v) is 1.22. The van der Waals surface area contributed by atoms with E-state index >= 15 is 0 Å². The summed E-state index contributed by atoms with van der Waals surface area (Å²) < 4.78 is 0. The van der Waals surface area contributed by atoms with Gasteiger partial charge in [0.25, 0.3) is 0 Å². The molecule has 1 aliphatic rings. The Labute approximate surface area is 88.3 Å². The lowest BCUT2D eigenvalue weighted by Gasteiger charge is -2.04. The van der Waals surface area contributed by atoms with Gasteiger partial charge >= 0.3 is 0 Å². The van der Waals surface area contributed by atoms with Gasteiger partial charge in [-0.05, 0) is 18.9 Å². The number of nitrogens with one attached hydrogen (secondary N) is 2. The topological polar surface area (TPSA) is 66.9 Å². The van der Waals surface area contributed by atoms with E-state index in [0.29, 0.717) is 25.0 Å². The summed E-state index contributed by atoms with van der Waals surface area (Å²) >= 11 is 0. The van der Waals surface area contributed by atoms with Gasteiger partial charge in [-0.15, -0.1) is 0 Å². The Kier molecular flexibility index (Phi) is 3.24. The molecule has 1 aromatic heterocycles. The molecule has 0 radical (unpaired) electrons. The van der Waals surface area contributed by atoms with Crippen LogP contribution in [0, 0.1) is 0 Å². The highest BCUT2D eigenvalue weighted by atomic mass is 16.2. The van der Waals surface area contributed by atoms with Crippen LogP contribution in [0.3, 0.4) is 0 Å². The molecule has 1 fully saturated rings. The second kappa shape index (κ2) is 4.84. The average Bonchev–Trinajstić information content (AvgIpc) is 3.03. The Morgan fingerprint density at radius 2 is 2.13 bits per heavy atom. The van der Waals surface area contributed by atoms with E-state index in [2.05, 4.69) is 20.6 Å². The quantitative estimate of drug-likeness (QED) is 0.703. The van der Waals surface area contributed by atoms with Crippen molar-refractivity contribution in [1.82, 2.24) is 20.6 Å². The first-order valence-corrected chi connectivity index (χ1v) is 5.10. The minimum atomic E-state index is 0.0495. The van der Waals surface area contributed by atoms with Gasteiger partial charge in [0.15, 0.2) is 0 Å². The maximum absolute atomic E-state index is 11.3. The first kappa shape index (κ1) is 10.0. The third-order valence-corrected chi connectivity index (χ3v) is 2.13. The molecule has 5 nitrogen and oxygen atoms in total. The Morgan fingerprint density at radius 3 is 2.80 bits per heavy atom. The second-order valence-corrected chi connectivity index (χ2v) is 3.61. The smallest absolute Gasteiger partial charge is 0.234 e. The van der Waals surface area contributed by atoms with Crippen LogP contribution in [-0.4, -0.2) is 28.5 Å². The van der Waals surface area contributed by atoms with Gasteiger partial charge in [-0.25, -0.2) is 9.97 Å². The van der Waals surface area contributed by atoms with E-state index in [0.717, 1.165) is 12.8 Å². The molecule has 0 bridgehead atoms. The van der Waals surface area contributed by atoms with Crippen LogP contribution < -0.4 is 10.6 Å². The summed E-state index contributed by atoms with van der Waals surface area (Å²) in [4.78, 5) is 19.4. The third kappa shape index (κ3) is 3.63. The van der Waals surface area contributed by atoms with E-state index in [1.165, 1.54) is 0 Å². The number of hydrogen-bond donors (Lipinski definition) is 2. The minimum Gasteiger partial charge on any atom is -0.352 e. The highest BCUT2D eigenvalue weighted by Crippen LogP contribution is 2.18. The molecule has 0 spiro atoms. The van der Waals surface area contributed by atoms with Crippen molar-refractivity contribution in [3.63, 3.8) is 0 Å². The molecule has 0 aromatic carbocycles. The molecule has 80 valence electrons. The molecule has 1 aliphatic carbocycles. The van der Waals surface area contributed by atoms with E-state index in [-0.39, 0.29) is 5.91 Å². The Morgan fingerprint density at radius 1 is 1.40 bits per heavy atom. The van der Waals surface area contributed by atoms with Crippen LogP contribution in [-0.2, 0) is 11.3 Å². The van der Waals surface area contributed by atoms with Gasteiger partial charge in [-0.1, -0.05) is 0 Å². The average molecular weight is 206 g/mol. The SMILES string of the molecule is O=C(CNCc1ncccn1)NC1CC1. The third-order valence-electron chi connectivity index (χ3n) is 2.13. The highest BCUT2D eigenvalue weighted by Gasteiger charge is 2.22. The summed E-state index contributed by atoms with van der Waals surface area (Å²) in [6.07, 6.45) is 5.61. The van der Waals surface area contributed by atoms with Crippen molar-refractivity contribution in [2.24, 2.45) is 0 Å². The number of amides is 1. The molecule has 0 atom stereocenters. The molecule has 15 heavy (non-hydrogen) atoms. The lowest BCUT2D eigenvalue weighted by atomic mass is 10.5. The van der Waals surface area contributed by atoms with Gasteiger partial charge in [-0.3, -0.25) is 4.79 Å². The Balaban J connectivity index is 1.63. The number of aromatic nitrogens is 2. The molecular weight excluding hydrogens is 192 g/mol. The molecule has 1 heterocycles. The molecule has 0 saturated heterocycles. The number of hydrogen-bond acceptors (Lipinski definition) is 4. The summed E-state index contributed by atoms with van der Waals surface area (Å²) in [5, 5.41) is 5.90. The van der Waals surface area contributed by atoms with Crippen molar-refractivity contribution >= 4 is 5.91 Å². The summed E-state index contributed by atoms with van der Waals surface area (Å²) in [7, 11) is 0. The van der Waals surface area contributed by atoms with Gasteiger partial charge in [-0.2, -0.15) is 0 Å². The molecule has 2 rings (SSSR count). The highest BCUT2D eigenvalue weighted by molar-refractivity contribution is 5.78. The molecule has 1 amide bonds. The zero-order valence-corrected chi connectivity index (χ0v) is 8.44. The Bertz CT molecular complexity index is 323. The number of carbonyl (C=O) groups excluding carboxylic acids is 1. The van der Waals surface area contributed by atoms with Crippen LogP contribution in [0.15, 0.2) is 18.5 Å². The van der Waals surface area contributed by atoms with Gasteiger partial charge in [0.2, 0.25) is 5.91 Å². The number of nitrogens with zero attached hydrogens (tertiary/aromatic N) is 2. The molecule has 0 aliphatic heterocycles. The molecule has 2 N–H and O–H groups in total. The van der Waals surface area contributed by atoms with Crippen molar-refractivity contribution in [3.05, 3.63) is 24.3 Å². The normalized spacial score (nSPS) is 14.9. The molecule has 5 heteroatoms. The zero-order valence-electron chi connectivity index (χ0n) is 8.44. The second-order valence-electron chi connectivity index (χ2n) is 3.61. The van der Waals surface area contributed by atoms with Gasteiger partial charge in [0.05, 0.1) is 13.1 Å². The zero-order chi connectivity index (χ0) is 10.5. The van der Waals surface area contributed by atoms with E-state index in [1.807, 2.05) is 0 Å². The van der Waals surface area contributed by atoms with Crippen molar-refractivity contribution in [1.29, 1.82) is 0 Å². The lowest BCUT2D eigenvalue weighted by Crippen LogP contribution is -2.35. The van der Waals surface area contributed by atoms with Gasteiger partial charge in [0, 0.05) is 18.4 Å². The van der Waals surface area contributed by atoms with E-state index < -0.39 is 0 Å². The molecular formula is C10H14N4O. The summed E-state index contributed by atoms with van der Waals surface area (Å²) in [6, 6.07) is 2.19. The fourth-order valence-electron chi connectivity index (χ4n) is 1.22. The van der Waals surface area contributed by atoms with Crippen LogP contribution in [0.1, 0.15) is 18.7 Å². The standard InChI is InChI=1S/C10H14N4O/c15-10(14-8-2-3-8)7-11-6-9-12-4-1-5-13-9/h1,4-5,8,11H,2-3,6-7H2,(H,14,15). The molecule has 1 aromatic rings. The first-order chi connectivity index (χ1) is 7.34. The minimum absolute atomic E-state index is 0.0495. The largest absolute Gasteiger partial charge is 0.352 e. The van der Waals surface area contributed by atoms with E-state index in [4.69, 9.17) is 0 Å².